The van der Waals surface area contributed by atoms with E-state index in [4.69, 9.17) is 17.2 Å². The predicted molar refractivity (Wildman–Crippen MR) is 163 cm³/mol. The Bertz CT molecular complexity index is 1040. The van der Waals surface area contributed by atoms with Crippen molar-refractivity contribution in [2.75, 3.05) is 17.2 Å². The van der Waals surface area contributed by atoms with E-state index < -0.39 is 0 Å². The second kappa shape index (κ2) is 15.3. The van der Waals surface area contributed by atoms with E-state index in [2.05, 4.69) is 56.3 Å². The Hall–Kier alpha value is -2.94. The Balaban J connectivity index is 1.92. The summed E-state index contributed by atoms with van der Waals surface area (Å²) < 4.78 is 0. The highest BCUT2D eigenvalue weighted by Gasteiger charge is 2.21. The lowest BCUT2D eigenvalue weighted by molar-refractivity contribution is 0.575. The fraction of sp³-hybridized carbons (Fsp3) is 0.471. The van der Waals surface area contributed by atoms with E-state index in [0.29, 0.717) is 5.92 Å². The molecule has 3 aromatic rings. The van der Waals surface area contributed by atoms with Crippen LogP contribution in [0.25, 0.3) is 0 Å². The van der Waals surface area contributed by atoms with Crippen molar-refractivity contribution in [1.82, 2.24) is 0 Å². The summed E-state index contributed by atoms with van der Waals surface area (Å²) in [6, 6.07) is 23.7. The molecular formula is C34H49N3. The number of anilines is 3. The average molecular weight is 500 g/mol. The second-order valence-electron chi connectivity index (χ2n) is 10.7. The van der Waals surface area contributed by atoms with Gasteiger partial charge in [0.05, 0.1) is 0 Å². The van der Waals surface area contributed by atoms with E-state index in [1.165, 1.54) is 86.5 Å². The molecule has 0 heterocycles. The van der Waals surface area contributed by atoms with Crippen LogP contribution in [-0.2, 0) is 0 Å². The van der Waals surface area contributed by atoms with Gasteiger partial charge in [0.15, 0.2) is 0 Å². The Labute approximate surface area is 225 Å². The lowest BCUT2D eigenvalue weighted by atomic mass is 9.81. The predicted octanol–water partition coefficient (Wildman–Crippen LogP) is 9.42. The molecule has 6 N–H and O–H groups in total. The highest BCUT2D eigenvalue weighted by atomic mass is 14.6. The maximum Gasteiger partial charge on any atom is 0.0353 e. The fourth-order valence-electron chi connectivity index (χ4n) is 5.50. The van der Waals surface area contributed by atoms with Gasteiger partial charge in [-0.3, -0.25) is 0 Å². The normalized spacial score (nSPS) is 12.9. The van der Waals surface area contributed by atoms with Crippen molar-refractivity contribution in [3.63, 3.8) is 0 Å². The Morgan fingerprint density at radius 2 is 0.919 bits per heavy atom. The molecule has 0 aliphatic rings. The van der Waals surface area contributed by atoms with Crippen molar-refractivity contribution in [3.05, 3.63) is 89.0 Å². The van der Waals surface area contributed by atoms with Gasteiger partial charge < -0.3 is 17.2 Å². The molecule has 200 valence electrons. The van der Waals surface area contributed by atoms with E-state index in [1.54, 1.807) is 0 Å². The topological polar surface area (TPSA) is 78.1 Å². The molecule has 2 unspecified atom stereocenters. The summed E-state index contributed by atoms with van der Waals surface area (Å²) in [6.07, 6.45) is 15.0. The van der Waals surface area contributed by atoms with E-state index in [9.17, 15) is 0 Å². The first kappa shape index (κ1) is 28.6. The lowest BCUT2D eigenvalue weighted by Gasteiger charge is -2.24. The standard InChI is InChI=1S/C34H49N3/c1-3-5-7-9-11-13-31(26-15-20-29(35)21-16-26)28-19-24-34(37)33(25-28)32(14-12-10-8-6-4-2)27-17-22-30(36)23-18-27/h15-25,31-32H,3-14,35-37H2,1-2H3. The van der Waals surface area contributed by atoms with Crippen LogP contribution in [-0.4, -0.2) is 0 Å². The van der Waals surface area contributed by atoms with E-state index in [1.807, 2.05) is 24.3 Å². The molecule has 0 radical (unpaired) electrons. The fourth-order valence-corrected chi connectivity index (χ4v) is 5.50. The van der Waals surface area contributed by atoms with Gasteiger partial charge in [-0.2, -0.15) is 0 Å². The van der Waals surface area contributed by atoms with Gasteiger partial charge in [-0.15, -0.1) is 0 Å². The quantitative estimate of drug-likeness (QED) is 0.136. The number of hydrogen-bond acceptors (Lipinski definition) is 3. The third-order valence-corrected chi connectivity index (χ3v) is 7.76. The first-order chi connectivity index (χ1) is 18.0. The smallest absolute Gasteiger partial charge is 0.0353 e. The molecular weight excluding hydrogens is 450 g/mol. The largest absolute Gasteiger partial charge is 0.399 e. The summed E-state index contributed by atoms with van der Waals surface area (Å²) in [7, 11) is 0. The Morgan fingerprint density at radius 3 is 1.43 bits per heavy atom. The summed E-state index contributed by atoms with van der Waals surface area (Å²) in [5.74, 6) is 0.622. The Morgan fingerprint density at radius 1 is 0.486 bits per heavy atom. The van der Waals surface area contributed by atoms with Gasteiger partial charge in [0.25, 0.3) is 0 Å². The average Bonchev–Trinajstić information content (AvgIpc) is 2.91. The molecule has 0 amide bonds. The summed E-state index contributed by atoms with van der Waals surface area (Å²) in [5.41, 5.74) is 26.5. The summed E-state index contributed by atoms with van der Waals surface area (Å²) in [6.45, 7) is 4.54. The van der Waals surface area contributed by atoms with Crippen LogP contribution >= 0.6 is 0 Å². The molecule has 3 nitrogen and oxygen atoms in total. The second-order valence-corrected chi connectivity index (χ2v) is 10.7. The summed E-state index contributed by atoms with van der Waals surface area (Å²) >= 11 is 0. The van der Waals surface area contributed by atoms with Crippen LogP contribution in [0.1, 0.15) is 125 Å². The van der Waals surface area contributed by atoms with Crippen molar-refractivity contribution < 1.29 is 0 Å². The van der Waals surface area contributed by atoms with Gasteiger partial charge in [0.2, 0.25) is 0 Å². The van der Waals surface area contributed by atoms with Gasteiger partial charge in [-0.1, -0.05) is 114 Å². The van der Waals surface area contributed by atoms with E-state index in [-0.39, 0.29) is 5.92 Å². The van der Waals surface area contributed by atoms with Crippen molar-refractivity contribution in [1.29, 1.82) is 0 Å². The van der Waals surface area contributed by atoms with Crippen molar-refractivity contribution in [2.24, 2.45) is 0 Å². The molecule has 3 heteroatoms. The van der Waals surface area contributed by atoms with Crippen molar-refractivity contribution in [2.45, 2.75) is 103 Å². The minimum atomic E-state index is 0.277. The lowest BCUT2D eigenvalue weighted by Crippen LogP contribution is -2.09. The zero-order chi connectivity index (χ0) is 26.5. The Kier molecular flexibility index (Phi) is 11.9. The maximum atomic E-state index is 6.68. The molecule has 3 aromatic carbocycles. The molecule has 37 heavy (non-hydrogen) atoms. The number of hydrogen-bond donors (Lipinski definition) is 3. The minimum absolute atomic E-state index is 0.277. The first-order valence-electron chi connectivity index (χ1n) is 14.6. The molecule has 0 aromatic heterocycles. The van der Waals surface area contributed by atoms with Gasteiger partial charge >= 0.3 is 0 Å². The van der Waals surface area contributed by atoms with Crippen LogP contribution in [0, 0.1) is 0 Å². The monoisotopic (exact) mass is 499 g/mol. The SMILES string of the molecule is CCCCCCCC(c1ccc(N)cc1)c1ccc(N)c(C(CCCCCCC)c2ccc(N)cc2)c1. The van der Waals surface area contributed by atoms with Crippen LogP contribution in [0.2, 0.25) is 0 Å². The number of nitrogens with two attached hydrogens (primary N) is 3. The van der Waals surface area contributed by atoms with Crippen LogP contribution in [0.3, 0.4) is 0 Å². The summed E-state index contributed by atoms with van der Waals surface area (Å²) in [5, 5.41) is 0. The zero-order valence-corrected chi connectivity index (χ0v) is 23.2. The van der Waals surface area contributed by atoms with E-state index >= 15 is 0 Å². The molecule has 0 aliphatic carbocycles. The van der Waals surface area contributed by atoms with Gasteiger partial charge in [-0.25, -0.2) is 0 Å². The number of benzene rings is 3. The first-order valence-corrected chi connectivity index (χ1v) is 14.6. The van der Waals surface area contributed by atoms with Crippen LogP contribution < -0.4 is 17.2 Å². The molecule has 2 atom stereocenters. The highest BCUT2D eigenvalue weighted by molar-refractivity contribution is 5.56. The van der Waals surface area contributed by atoms with Crippen molar-refractivity contribution in [3.8, 4) is 0 Å². The number of rotatable bonds is 16. The molecule has 0 saturated carbocycles. The van der Waals surface area contributed by atoms with E-state index in [0.717, 1.165) is 29.9 Å². The molecule has 0 aliphatic heterocycles. The van der Waals surface area contributed by atoms with Crippen LogP contribution in [0.5, 0.6) is 0 Å². The molecule has 0 fully saturated rings. The molecule has 0 saturated heterocycles. The maximum absolute atomic E-state index is 6.68. The molecule has 0 bridgehead atoms. The van der Waals surface area contributed by atoms with Gasteiger partial charge in [-0.05, 0) is 65.4 Å². The third-order valence-electron chi connectivity index (χ3n) is 7.76. The van der Waals surface area contributed by atoms with Gasteiger partial charge in [0.1, 0.15) is 0 Å². The number of nitrogen functional groups attached to an aromatic ring is 3. The third kappa shape index (κ3) is 8.84. The zero-order valence-electron chi connectivity index (χ0n) is 23.2. The minimum Gasteiger partial charge on any atom is -0.399 e. The number of unbranched alkanes of at least 4 members (excludes halogenated alkanes) is 8. The van der Waals surface area contributed by atoms with Crippen LogP contribution in [0.4, 0.5) is 17.1 Å². The van der Waals surface area contributed by atoms with Crippen LogP contribution in [0.15, 0.2) is 66.7 Å². The van der Waals surface area contributed by atoms with Crippen molar-refractivity contribution >= 4 is 17.1 Å². The summed E-state index contributed by atoms with van der Waals surface area (Å²) in [4.78, 5) is 0. The highest BCUT2D eigenvalue weighted by Crippen LogP contribution is 2.38. The molecule has 3 rings (SSSR count). The molecule has 0 spiro atoms. The van der Waals surface area contributed by atoms with Gasteiger partial charge in [0, 0.05) is 28.9 Å².